The minimum absolute atomic E-state index is 0.0270. The standard InChI is InChI=1S/C25H30Cl2N2O5S/c1-35(31,32)22-5-2-18(3-6-22)14-25(30)29-12-13-33-21(17-29)16-28-10-8-19(9-11-28)34-20-4-7-23(26)24(27)15-20/h2-7,15,19,21H,8-14,16-17H2,1H3. The number of carbonyl (C=O) groups is 1. The molecule has 7 nitrogen and oxygen atoms in total. The van der Waals surface area contributed by atoms with E-state index in [0.29, 0.717) is 29.7 Å². The van der Waals surface area contributed by atoms with Gasteiger partial charge in [0.25, 0.3) is 0 Å². The third kappa shape index (κ3) is 7.33. The summed E-state index contributed by atoms with van der Waals surface area (Å²) in [5.41, 5.74) is 0.800. The topological polar surface area (TPSA) is 76.2 Å². The molecular formula is C25H30Cl2N2O5S. The van der Waals surface area contributed by atoms with Gasteiger partial charge in [-0.15, -0.1) is 0 Å². The summed E-state index contributed by atoms with van der Waals surface area (Å²) in [7, 11) is -3.25. The lowest BCUT2D eigenvalue weighted by molar-refractivity contribution is -0.139. The Morgan fingerprint density at radius 3 is 2.43 bits per heavy atom. The van der Waals surface area contributed by atoms with Gasteiger partial charge in [-0.25, -0.2) is 8.42 Å². The van der Waals surface area contributed by atoms with Gasteiger partial charge in [0.15, 0.2) is 9.84 Å². The van der Waals surface area contributed by atoms with Crippen LogP contribution in [0.15, 0.2) is 47.4 Å². The Labute approximate surface area is 216 Å². The van der Waals surface area contributed by atoms with Crippen LogP contribution in [0.5, 0.6) is 5.75 Å². The fourth-order valence-electron chi connectivity index (χ4n) is 4.44. The second kappa shape index (κ2) is 11.5. The van der Waals surface area contributed by atoms with Crippen molar-refractivity contribution in [3.63, 3.8) is 0 Å². The minimum Gasteiger partial charge on any atom is -0.490 e. The first-order chi connectivity index (χ1) is 16.7. The molecule has 0 aliphatic carbocycles. The van der Waals surface area contributed by atoms with Gasteiger partial charge in [0.2, 0.25) is 5.91 Å². The predicted octanol–water partition coefficient (Wildman–Crippen LogP) is 3.71. The number of halogens is 2. The zero-order valence-electron chi connectivity index (χ0n) is 19.7. The van der Waals surface area contributed by atoms with E-state index >= 15 is 0 Å². The average molecular weight is 541 g/mol. The van der Waals surface area contributed by atoms with Crippen molar-refractivity contribution in [1.82, 2.24) is 9.80 Å². The molecule has 1 atom stereocenters. The summed E-state index contributed by atoms with van der Waals surface area (Å²) in [6.07, 6.45) is 3.31. The van der Waals surface area contributed by atoms with Gasteiger partial charge in [0, 0.05) is 45.0 Å². The molecule has 2 aliphatic rings. The highest BCUT2D eigenvalue weighted by Gasteiger charge is 2.28. The van der Waals surface area contributed by atoms with Gasteiger partial charge >= 0.3 is 0 Å². The number of rotatable bonds is 7. The Balaban J connectivity index is 1.23. The van der Waals surface area contributed by atoms with Gasteiger partial charge in [-0.05, 0) is 42.7 Å². The molecule has 0 radical (unpaired) electrons. The van der Waals surface area contributed by atoms with Crippen LogP contribution < -0.4 is 4.74 Å². The third-order valence-corrected chi connectivity index (χ3v) is 8.26. The highest BCUT2D eigenvalue weighted by molar-refractivity contribution is 7.90. The van der Waals surface area contributed by atoms with Crippen LogP contribution in [0.3, 0.4) is 0 Å². The maximum absolute atomic E-state index is 12.9. The molecule has 2 aromatic rings. The van der Waals surface area contributed by atoms with Crippen molar-refractivity contribution in [3.8, 4) is 5.75 Å². The molecule has 2 aliphatic heterocycles. The number of ether oxygens (including phenoxy) is 2. The zero-order valence-corrected chi connectivity index (χ0v) is 22.0. The SMILES string of the molecule is CS(=O)(=O)c1ccc(CC(=O)N2CCOC(CN3CCC(Oc4ccc(Cl)c(Cl)c4)CC3)C2)cc1. The van der Waals surface area contributed by atoms with E-state index in [1.165, 1.54) is 6.26 Å². The van der Waals surface area contributed by atoms with Crippen LogP contribution in [0, 0.1) is 0 Å². The van der Waals surface area contributed by atoms with E-state index in [0.717, 1.165) is 43.8 Å². The van der Waals surface area contributed by atoms with E-state index in [1.807, 2.05) is 11.0 Å². The zero-order chi connectivity index (χ0) is 25.0. The summed E-state index contributed by atoms with van der Waals surface area (Å²) in [4.78, 5) is 17.3. The molecule has 4 rings (SSSR count). The first-order valence-electron chi connectivity index (χ1n) is 11.7. The number of hydrogen-bond acceptors (Lipinski definition) is 6. The summed E-state index contributed by atoms with van der Waals surface area (Å²) in [5.74, 6) is 0.757. The van der Waals surface area contributed by atoms with E-state index in [2.05, 4.69) is 4.90 Å². The Bertz CT molecular complexity index is 1140. The maximum atomic E-state index is 12.9. The Morgan fingerprint density at radius 2 is 1.77 bits per heavy atom. The number of amides is 1. The summed E-state index contributed by atoms with van der Waals surface area (Å²) in [5, 5.41) is 1.000. The number of sulfone groups is 1. The van der Waals surface area contributed by atoms with Gasteiger partial charge in [0.1, 0.15) is 11.9 Å². The van der Waals surface area contributed by atoms with E-state index < -0.39 is 9.84 Å². The summed E-state index contributed by atoms with van der Waals surface area (Å²) in [6, 6.07) is 11.8. The lowest BCUT2D eigenvalue weighted by atomic mass is 10.1. The lowest BCUT2D eigenvalue weighted by Gasteiger charge is -2.38. The number of hydrogen-bond donors (Lipinski definition) is 0. The minimum atomic E-state index is -3.25. The van der Waals surface area contributed by atoms with Gasteiger partial charge in [0.05, 0.1) is 34.1 Å². The van der Waals surface area contributed by atoms with E-state index in [4.69, 9.17) is 32.7 Å². The molecule has 0 N–H and O–H groups in total. The van der Waals surface area contributed by atoms with E-state index in [9.17, 15) is 13.2 Å². The predicted molar refractivity (Wildman–Crippen MR) is 136 cm³/mol. The molecular weight excluding hydrogens is 511 g/mol. The van der Waals surface area contributed by atoms with Gasteiger partial charge < -0.3 is 19.3 Å². The van der Waals surface area contributed by atoms with Crippen LogP contribution in [-0.4, -0.2) is 81.9 Å². The largest absolute Gasteiger partial charge is 0.490 e. The number of carbonyl (C=O) groups excluding carboxylic acids is 1. The van der Waals surface area contributed by atoms with Crippen molar-refractivity contribution in [1.29, 1.82) is 0 Å². The Hall–Kier alpha value is -1.84. The Morgan fingerprint density at radius 1 is 1.06 bits per heavy atom. The molecule has 0 aromatic heterocycles. The van der Waals surface area contributed by atoms with Crippen molar-refractivity contribution >= 4 is 38.9 Å². The number of likely N-dealkylation sites (tertiary alicyclic amines) is 1. The van der Waals surface area contributed by atoms with E-state index in [1.54, 1.807) is 36.4 Å². The first kappa shape index (κ1) is 26.2. The highest BCUT2D eigenvalue weighted by atomic mass is 35.5. The number of benzene rings is 2. The highest BCUT2D eigenvalue weighted by Crippen LogP contribution is 2.28. The van der Waals surface area contributed by atoms with Crippen LogP contribution in [0.25, 0.3) is 0 Å². The van der Waals surface area contributed by atoms with Crippen molar-refractivity contribution in [2.45, 2.75) is 36.4 Å². The number of piperidine rings is 1. The van der Waals surface area contributed by atoms with Crippen molar-refractivity contribution in [2.24, 2.45) is 0 Å². The molecule has 2 saturated heterocycles. The molecule has 1 unspecified atom stereocenters. The molecule has 0 spiro atoms. The number of nitrogens with zero attached hydrogens (tertiary/aromatic N) is 2. The molecule has 1 amide bonds. The molecule has 190 valence electrons. The fourth-order valence-corrected chi connectivity index (χ4v) is 5.36. The second-order valence-corrected chi connectivity index (χ2v) is 11.9. The summed E-state index contributed by atoms with van der Waals surface area (Å²) in [6.45, 7) is 4.20. The molecule has 35 heavy (non-hydrogen) atoms. The fraction of sp³-hybridized carbons (Fsp3) is 0.480. The monoisotopic (exact) mass is 540 g/mol. The lowest BCUT2D eigenvalue weighted by Crippen LogP contribution is -2.51. The van der Waals surface area contributed by atoms with Crippen LogP contribution in [-0.2, 0) is 25.8 Å². The summed E-state index contributed by atoms with van der Waals surface area (Å²) < 4.78 is 35.3. The normalized spacial score (nSPS) is 20.1. The van der Waals surface area contributed by atoms with Gasteiger partial charge in [-0.1, -0.05) is 35.3 Å². The quantitative estimate of drug-likeness (QED) is 0.532. The van der Waals surface area contributed by atoms with Crippen LogP contribution in [0.2, 0.25) is 10.0 Å². The van der Waals surface area contributed by atoms with Gasteiger partial charge in [-0.3, -0.25) is 4.79 Å². The van der Waals surface area contributed by atoms with Crippen molar-refractivity contribution < 1.29 is 22.7 Å². The second-order valence-electron chi connectivity index (χ2n) is 9.12. The molecule has 2 aromatic carbocycles. The van der Waals surface area contributed by atoms with Crippen LogP contribution in [0.4, 0.5) is 0 Å². The third-order valence-electron chi connectivity index (χ3n) is 6.39. The average Bonchev–Trinajstić information content (AvgIpc) is 2.83. The smallest absolute Gasteiger partial charge is 0.227 e. The maximum Gasteiger partial charge on any atom is 0.227 e. The van der Waals surface area contributed by atoms with Crippen LogP contribution >= 0.6 is 23.2 Å². The number of morpholine rings is 1. The van der Waals surface area contributed by atoms with E-state index in [-0.39, 0.29) is 29.4 Å². The summed E-state index contributed by atoms with van der Waals surface area (Å²) >= 11 is 12.1. The Kier molecular flexibility index (Phi) is 8.60. The first-order valence-corrected chi connectivity index (χ1v) is 14.3. The van der Waals surface area contributed by atoms with Crippen molar-refractivity contribution in [3.05, 3.63) is 58.1 Å². The van der Waals surface area contributed by atoms with Gasteiger partial charge in [-0.2, -0.15) is 0 Å². The molecule has 2 fully saturated rings. The van der Waals surface area contributed by atoms with Crippen molar-refractivity contribution in [2.75, 3.05) is 45.6 Å². The van der Waals surface area contributed by atoms with Crippen LogP contribution in [0.1, 0.15) is 18.4 Å². The molecule has 2 heterocycles. The molecule has 0 bridgehead atoms. The molecule has 0 saturated carbocycles. The molecule has 10 heteroatoms.